The van der Waals surface area contributed by atoms with Crippen LogP contribution in [-0.2, 0) is 6.42 Å². The Hall–Kier alpha value is -0.830. The van der Waals surface area contributed by atoms with Crippen LogP contribution in [0.4, 0.5) is 0 Å². The highest BCUT2D eigenvalue weighted by molar-refractivity contribution is 6.30. The molecule has 0 amide bonds. The van der Waals surface area contributed by atoms with Gasteiger partial charge in [-0.15, -0.1) is 0 Å². The van der Waals surface area contributed by atoms with Gasteiger partial charge >= 0.3 is 0 Å². The summed E-state index contributed by atoms with van der Waals surface area (Å²) in [5, 5.41) is 0.485. The Morgan fingerprint density at radius 2 is 2.00 bits per heavy atom. The molecule has 0 aliphatic rings. The second-order valence-electron chi connectivity index (χ2n) is 3.87. The van der Waals surface area contributed by atoms with Crippen molar-refractivity contribution in [1.29, 1.82) is 0 Å². The molecule has 1 aromatic rings. The predicted octanol–water partition coefficient (Wildman–Crippen LogP) is 3.12. The van der Waals surface area contributed by atoms with Crippen molar-refractivity contribution in [3.63, 3.8) is 0 Å². The highest BCUT2D eigenvalue weighted by Gasteiger charge is 2.14. The SMILES string of the molecule is CCc1c(Cl)ncnc1OC(C)C(C)C. The number of halogens is 1. The molecule has 0 saturated heterocycles. The molecule has 0 aliphatic carbocycles. The van der Waals surface area contributed by atoms with E-state index < -0.39 is 0 Å². The molecule has 84 valence electrons. The van der Waals surface area contributed by atoms with Crippen LogP contribution in [0.1, 0.15) is 33.3 Å². The Morgan fingerprint density at radius 1 is 1.33 bits per heavy atom. The minimum Gasteiger partial charge on any atom is -0.474 e. The molecule has 0 bridgehead atoms. The molecule has 1 heterocycles. The van der Waals surface area contributed by atoms with Crippen molar-refractivity contribution < 1.29 is 4.74 Å². The molecule has 0 spiro atoms. The molecule has 1 atom stereocenters. The second kappa shape index (κ2) is 5.31. The molecule has 4 heteroatoms. The maximum absolute atomic E-state index is 5.96. The van der Waals surface area contributed by atoms with Gasteiger partial charge in [0.15, 0.2) is 0 Å². The summed E-state index contributed by atoms with van der Waals surface area (Å²) in [6, 6.07) is 0. The maximum Gasteiger partial charge on any atom is 0.221 e. The number of ether oxygens (including phenoxy) is 1. The van der Waals surface area contributed by atoms with E-state index in [1.807, 2.05) is 13.8 Å². The lowest BCUT2D eigenvalue weighted by atomic mass is 10.1. The third-order valence-electron chi connectivity index (χ3n) is 2.44. The summed E-state index contributed by atoms with van der Waals surface area (Å²) in [5.41, 5.74) is 0.881. The number of hydrogen-bond acceptors (Lipinski definition) is 3. The molecule has 3 nitrogen and oxygen atoms in total. The summed E-state index contributed by atoms with van der Waals surface area (Å²) in [6.45, 7) is 8.26. The highest BCUT2D eigenvalue weighted by Crippen LogP contribution is 2.24. The number of nitrogens with zero attached hydrogens (tertiary/aromatic N) is 2. The summed E-state index contributed by atoms with van der Waals surface area (Å²) < 4.78 is 5.74. The summed E-state index contributed by atoms with van der Waals surface area (Å²) in [7, 11) is 0. The van der Waals surface area contributed by atoms with E-state index in [1.165, 1.54) is 6.33 Å². The van der Waals surface area contributed by atoms with Gasteiger partial charge in [-0.2, -0.15) is 0 Å². The molecule has 0 saturated carbocycles. The van der Waals surface area contributed by atoms with E-state index in [-0.39, 0.29) is 6.10 Å². The third kappa shape index (κ3) is 3.06. The second-order valence-corrected chi connectivity index (χ2v) is 4.23. The molecule has 0 radical (unpaired) electrons. The standard InChI is InChI=1S/C11H17ClN2O/c1-5-9-10(12)13-6-14-11(9)15-8(4)7(2)3/h6-8H,5H2,1-4H3. The van der Waals surface area contributed by atoms with E-state index in [4.69, 9.17) is 16.3 Å². The third-order valence-corrected chi connectivity index (χ3v) is 2.77. The minimum absolute atomic E-state index is 0.126. The number of aromatic nitrogens is 2. The predicted molar refractivity (Wildman–Crippen MR) is 61.3 cm³/mol. The highest BCUT2D eigenvalue weighted by atomic mass is 35.5. The van der Waals surface area contributed by atoms with E-state index >= 15 is 0 Å². The average molecular weight is 229 g/mol. The van der Waals surface area contributed by atoms with Crippen LogP contribution in [-0.4, -0.2) is 16.1 Å². The first-order valence-electron chi connectivity index (χ1n) is 5.22. The van der Waals surface area contributed by atoms with Crippen LogP contribution < -0.4 is 4.74 Å². The van der Waals surface area contributed by atoms with Gasteiger partial charge in [-0.05, 0) is 19.3 Å². The van der Waals surface area contributed by atoms with Crippen molar-refractivity contribution in [1.82, 2.24) is 9.97 Å². The van der Waals surface area contributed by atoms with Crippen LogP contribution in [0.3, 0.4) is 0 Å². The van der Waals surface area contributed by atoms with Crippen molar-refractivity contribution >= 4 is 11.6 Å². The fraction of sp³-hybridized carbons (Fsp3) is 0.636. The largest absolute Gasteiger partial charge is 0.474 e. The van der Waals surface area contributed by atoms with E-state index in [0.717, 1.165) is 12.0 Å². The van der Waals surface area contributed by atoms with Gasteiger partial charge in [0.1, 0.15) is 11.5 Å². The van der Waals surface area contributed by atoms with Gasteiger partial charge in [-0.1, -0.05) is 32.4 Å². The van der Waals surface area contributed by atoms with E-state index in [0.29, 0.717) is 17.0 Å². The van der Waals surface area contributed by atoms with Gasteiger partial charge in [-0.25, -0.2) is 9.97 Å². The average Bonchev–Trinajstić information content (AvgIpc) is 2.18. The molecule has 0 aromatic carbocycles. The fourth-order valence-electron chi connectivity index (χ4n) is 1.09. The van der Waals surface area contributed by atoms with Crippen LogP contribution in [0.25, 0.3) is 0 Å². The molecule has 15 heavy (non-hydrogen) atoms. The Balaban J connectivity index is 2.89. The number of rotatable bonds is 4. The molecule has 1 unspecified atom stereocenters. The Kier molecular flexibility index (Phi) is 4.33. The minimum atomic E-state index is 0.126. The van der Waals surface area contributed by atoms with E-state index in [9.17, 15) is 0 Å². The van der Waals surface area contributed by atoms with Crippen molar-refractivity contribution in [2.75, 3.05) is 0 Å². The van der Waals surface area contributed by atoms with Crippen LogP contribution >= 0.6 is 11.6 Å². The molecule has 0 N–H and O–H groups in total. The van der Waals surface area contributed by atoms with Gasteiger partial charge in [0, 0.05) is 0 Å². The zero-order chi connectivity index (χ0) is 11.4. The molecule has 1 rings (SSSR count). The lowest BCUT2D eigenvalue weighted by Gasteiger charge is -2.18. The smallest absolute Gasteiger partial charge is 0.221 e. The molecule has 0 aliphatic heterocycles. The zero-order valence-corrected chi connectivity index (χ0v) is 10.4. The summed E-state index contributed by atoms with van der Waals surface area (Å²) in [4.78, 5) is 8.05. The quantitative estimate of drug-likeness (QED) is 0.743. The summed E-state index contributed by atoms with van der Waals surface area (Å²) in [5.74, 6) is 1.06. The lowest BCUT2D eigenvalue weighted by molar-refractivity contribution is 0.161. The normalized spacial score (nSPS) is 12.9. The van der Waals surface area contributed by atoms with Crippen LogP contribution in [0, 0.1) is 5.92 Å². The first-order chi connectivity index (χ1) is 7.06. The zero-order valence-electron chi connectivity index (χ0n) is 9.62. The Morgan fingerprint density at radius 3 is 2.53 bits per heavy atom. The maximum atomic E-state index is 5.96. The van der Waals surface area contributed by atoms with E-state index in [1.54, 1.807) is 0 Å². The molecule has 1 aromatic heterocycles. The topological polar surface area (TPSA) is 35.0 Å². The molecular weight excluding hydrogens is 212 g/mol. The first kappa shape index (κ1) is 12.2. The van der Waals surface area contributed by atoms with Crippen molar-refractivity contribution in [2.24, 2.45) is 5.92 Å². The van der Waals surface area contributed by atoms with Crippen LogP contribution in [0.15, 0.2) is 6.33 Å². The van der Waals surface area contributed by atoms with Crippen molar-refractivity contribution in [2.45, 2.75) is 40.2 Å². The monoisotopic (exact) mass is 228 g/mol. The van der Waals surface area contributed by atoms with Crippen LogP contribution in [0.5, 0.6) is 5.88 Å². The summed E-state index contributed by atoms with van der Waals surface area (Å²) >= 11 is 5.96. The van der Waals surface area contributed by atoms with Gasteiger partial charge < -0.3 is 4.74 Å². The van der Waals surface area contributed by atoms with Gasteiger partial charge in [-0.3, -0.25) is 0 Å². The van der Waals surface area contributed by atoms with Crippen molar-refractivity contribution in [3.8, 4) is 5.88 Å². The van der Waals surface area contributed by atoms with Gasteiger partial charge in [0.2, 0.25) is 5.88 Å². The molecule has 0 fully saturated rings. The fourth-order valence-corrected chi connectivity index (χ4v) is 1.34. The summed E-state index contributed by atoms with van der Waals surface area (Å²) in [6.07, 6.45) is 2.34. The van der Waals surface area contributed by atoms with Crippen molar-refractivity contribution in [3.05, 3.63) is 17.0 Å². The number of hydrogen-bond donors (Lipinski definition) is 0. The first-order valence-corrected chi connectivity index (χ1v) is 5.60. The van der Waals surface area contributed by atoms with Crippen LogP contribution in [0.2, 0.25) is 5.15 Å². The van der Waals surface area contributed by atoms with Gasteiger partial charge in [0.25, 0.3) is 0 Å². The molecular formula is C11H17ClN2O. The van der Waals surface area contributed by atoms with E-state index in [2.05, 4.69) is 23.8 Å². The Bertz CT molecular complexity index is 328. The lowest BCUT2D eigenvalue weighted by Crippen LogP contribution is -2.20. The van der Waals surface area contributed by atoms with Gasteiger partial charge in [0.05, 0.1) is 11.7 Å². The Labute approximate surface area is 95.8 Å².